The van der Waals surface area contributed by atoms with E-state index in [1.807, 2.05) is 42.1 Å². The number of rotatable bonds is 7. The average molecular weight is 383 g/mol. The fraction of sp³-hybridized carbons (Fsp3) is 0.294. The van der Waals surface area contributed by atoms with Gasteiger partial charge in [0.15, 0.2) is 0 Å². The molecule has 22 heavy (non-hydrogen) atoms. The Labute approximate surface area is 144 Å². The Balaban J connectivity index is 2.03. The van der Waals surface area contributed by atoms with Gasteiger partial charge in [0.25, 0.3) is 0 Å². The molecule has 0 aromatic heterocycles. The Hall–Kier alpha value is -1.33. The maximum Gasteiger partial charge on any atom is 0.126 e. The lowest BCUT2D eigenvalue weighted by atomic mass is 10.2. The lowest BCUT2D eigenvalue weighted by molar-refractivity contribution is 0.392. The second kappa shape index (κ2) is 8.34. The molecule has 0 atom stereocenters. The van der Waals surface area contributed by atoms with E-state index >= 15 is 0 Å². The van der Waals surface area contributed by atoms with E-state index in [2.05, 4.69) is 22.0 Å². The van der Waals surface area contributed by atoms with Gasteiger partial charge in [0.05, 0.1) is 21.3 Å². The summed E-state index contributed by atoms with van der Waals surface area (Å²) in [6.07, 6.45) is 0. The van der Waals surface area contributed by atoms with E-state index in [1.165, 1.54) is 5.56 Å². The first-order chi connectivity index (χ1) is 10.7. The smallest absolute Gasteiger partial charge is 0.126 e. The Morgan fingerprint density at radius 1 is 0.818 bits per heavy atom. The summed E-state index contributed by atoms with van der Waals surface area (Å²) in [5.41, 5.74) is 2.33. The van der Waals surface area contributed by atoms with Crippen LogP contribution in [0.5, 0.6) is 17.2 Å². The zero-order valence-electron chi connectivity index (χ0n) is 12.9. The minimum Gasteiger partial charge on any atom is -0.497 e. The van der Waals surface area contributed by atoms with E-state index < -0.39 is 0 Å². The Morgan fingerprint density at radius 3 is 2.23 bits per heavy atom. The first kappa shape index (κ1) is 17.0. The number of halogens is 1. The Bertz CT molecular complexity index is 631. The van der Waals surface area contributed by atoms with Crippen LogP contribution in [0.2, 0.25) is 0 Å². The molecule has 0 N–H and O–H groups in total. The highest BCUT2D eigenvalue weighted by molar-refractivity contribution is 9.10. The predicted octanol–water partition coefficient (Wildman–Crippen LogP) is 4.91. The number of methoxy groups -OCH3 is 3. The van der Waals surface area contributed by atoms with Crippen LogP contribution in [0, 0.1) is 0 Å². The summed E-state index contributed by atoms with van der Waals surface area (Å²) in [7, 11) is 5.03. The van der Waals surface area contributed by atoms with Crippen LogP contribution in [0.25, 0.3) is 0 Å². The molecular weight excluding hydrogens is 364 g/mol. The zero-order valence-corrected chi connectivity index (χ0v) is 15.3. The van der Waals surface area contributed by atoms with E-state index in [4.69, 9.17) is 14.2 Å². The summed E-state index contributed by atoms with van der Waals surface area (Å²) in [4.78, 5) is 0. The van der Waals surface area contributed by atoms with Crippen LogP contribution < -0.4 is 14.2 Å². The second-order valence-corrected chi connectivity index (χ2v) is 6.53. The third-order valence-corrected chi connectivity index (χ3v) is 4.78. The summed E-state index contributed by atoms with van der Waals surface area (Å²) in [6, 6.07) is 12.0. The summed E-state index contributed by atoms with van der Waals surface area (Å²) in [5.74, 6) is 4.31. The first-order valence-electron chi connectivity index (χ1n) is 6.79. The second-order valence-electron chi connectivity index (χ2n) is 4.63. The molecule has 0 spiro atoms. The van der Waals surface area contributed by atoms with E-state index in [-0.39, 0.29) is 0 Å². The lowest BCUT2D eigenvalue weighted by Crippen LogP contribution is -1.94. The van der Waals surface area contributed by atoms with Gasteiger partial charge in [0.2, 0.25) is 0 Å². The van der Waals surface area contributed by atoms with Gasteiger partial charge in [-0.05, 0) is 24.3 Å². The Kier molecular flexibility index (Phi) is 6.46. The molecule has 0 heterocycles. The molecule has 0 aliphatic rings. The zero-order chi connectivity index (χ0) is 15.9. The van der Waals surface area contributed by atoms with Crippen molar-refractivity contribution in [3.63, 3.8) is 0 Å². The molecule has 0 radical (unpaired) electrons. The van der Waals surface area contributed by atoms with Crippen molar-refractivity contribution < 1.29 is 14.2 Å². The number of ether oxygens (including phenoxy) is 3. The van der Waals surface area contributed by atoms with Gasteiger partial charge < -0.3 is 14.2 Å². The van der Waals surface area contributed by atoms with Crippen molar-refractivity contribution in [2.24, 2.45) is 0 Å². The molecule has 3 nitrogen and oxygen atoms in total. The van der Waals surface area contributed by atoms with E-state index in [9.17, 15) is 0 Å². The van der Waals surface area contributed by atoms with Crippen molar-refractivity contribution in [3.05, 3.63) is 52.0 Å². The summed E-state index contributed by atoms with van der Waals surface area (Å²) < 4.78 is 17.1. The van der Waals surface area contributed by atoms with Gasteiger partial charge >= 0.3 is 0 Å². The molecular formula is C17H19BrO3S. The van der Waals surface area contributed by atoms with E-state index in [0.717, 1.165) is 38.8 Å². The predicted molar refractivity (Wildman–Crippen MR) is 95.2 cm³/mol. The van der Waals surface area contributed by atoms with Gasteiger partial charge in [-0.1, -0.05) is 22.0 Å². The summed E-state index contributed by atoms with van der Waals surface area (Å²) >= 11 is 5.32. The third-order valence-electron chi connectivity index (χ3n) is 3.25. The lowest BCUT2D eigenvalue weighted by Gasteiger charge is -2.11. The first-order valence-corrected chi connectivity index (χ1v) is 8.73. The standard InChI is InChI=1S/C17H19BrO3S/c1-19-15-6-4-12(17(9-15)21-3)10-22-11-13-8-14(18)5-7-16(13)20-2/h4-9H,10-11H2,1-3H3. The van der Waals surface area contributed by atoms with Crippen molar-refractivity contribution in [1.29, 1.82) is 0 Å². The SMILES string of the molecule is COc1ccc(CSCc2cc(Br)ccc2OC)c(OC)c1. The largest absolute Gasteiger partial charge is 0.497 e. The van der Waals surface area contributed by atoms with Crippen LogP contribution in [0.3, 0.4) is 0 Å². The highest BCUT2D eigenvalue weighted by atomic mass is 79.9. The number of hydrogen-bond acceptors (Lipinski definition) is 4. The van der Waals surface area contributed by atoms with Gasteiger partial charge in [0, 0.05) is 33.2 Å². The fourth-order valence-electron chi connectivity index (χ4n) is 2.10. The molecule has 2 aromatic rings. The number of benzene rings is 2. The minimum atomic E-state index is 0.805. The molecule has 2 aromatic carbocycles. The van der Waals surface area contributed by atoms with Crippen molar-refractivity contribution in [2.75, 3.05) is 21.3 Å². The average Bonchev–Trinajstić information content (AvgIpc) is 2.55. The van der Waals surface area contributed by atoms with Crippen LogP contribution in [0.15, 0.2) is 40.9 Å². The highest BCUT2D eigenvalue weighted by Crippen LogP contribution is 2.31. The van der Waals surface area contributed by atoms with Gasteiger partial charge in [-0.3, -0.25) is 0 Å². The number of hydrogen-bond donors (Lipinski definition) is 0. The summed E-state index contributed by atoms with van der Waals surface area (Å²) in [5, 5.41) is 0. The summed E-state index contributed by atoms with van der Waals surface area (Å²) in [6.45, 7) is 0. The normalized spacial score (nSPS) is 10.4. The maximum absolute atomic E-state index is 5.43. The molecule has 118 valence electrons. The van der Waals surface area contributed by atoms with Crippen LogP contribution in [0.4, 0.5) is 0 Å². The molecule has 0 unspecified atom stereocenters. The molecule has 2 rings (SSSR count). The van der Waals surface area contributed by atoms with Crippen molar-refractivity contribution in [1.82, 2.24) is 0 Å². The van der Waals surface area contributed by atoms with Gasteiger partial charge in [-0.2, -0.15) is 11.8 Å². The third kappa shape index (κ3) is 4.34. The van der Waals surface area contributed by atoms with Crippen LogP contribution in [-0.2, 0) is 11.5 Å². The Morgan fingerprint density at radius 2 is 1.55 bits per heavy atom. The van der Waals surface area contributed by atoms with Crippen molar-refractivity contribution >= 4 is 27.7 Å². The molecule has 0 saturated heterocycles. The molecule has 0 fully saturated rings. The van der Waals surface area contributed by atoms with Crippen LogP contribution in [-0.4, -0.2) is 21.3 Å². The van der Waals surface area contributed by atoms with E-state index in [1.54, 1.807) is 21.3 Å². The molecule has 0 aliphatic carbocycles. The van der Waals surface area contributed by atoms with Gasteiger partial charge in [-0.25, -0.2) is 0 Å². The van der Waals surface area contributed by atoms with Crippen LogP contribution in [0.1, 0.15) is 11.1 Å². The minimum absolute atomic E-state index is 0.805. The molecule has 0 aliphatic heterocycles. The fourth-order valence-corrected chi connectivity index (χ4v) is 3.52. The quantitative estimate of drug-likeness (QED) is 0.679. The molecule has 0 bridgehead atoms. The maximum atomic E-state index is 5.43. The monoisotopic (exact) mass is 382 g/mol. The van der Waals surface area contributed by atoms with Crippen molar-refractivity contribution in [3.8, 4) is 17.2 Å². The van der Waals surface area contributed by atoms with Gasteiger partial charge in [0.1, 0.15) is 17.2 Å². The highest BCUT2D eigenvalue weighted by Gasteiger charge is 2.08. The molecule has 5 heteroatoms. The number of thioether (sulfide) groups is 1. The van der Waals surface area contributed by atoms with E-state index in [0.29, 0.717) is 0 Å². The molecule has 0 saturated carbocycles. The van der Waals surface area contributed by atoms with Crippen LogP contribution >= 0.6 is 27.7 Å². The molecule has 0 amide bonds. The van der Waals surface area contributed by atoms with Gasteiger partial charge in [-0.15, -0.1) is 0 Å². The topological polar surface area (TPSA) is 27.7 Å². The van der Waals surface area contributed by atoms with Crippen molar-refractivity contribution in [2.45, 2.75) is 11.5 Å².